The predicted molar refractivity (Wildman–Crippen MR) is 130 cm³/mol. The van der Waals surface area contributed by atoms with E-state index < -0.39 is 0 Å². The van der Waals surface area contributed by atoms with E-state index in [1.807, 2.05) is 23.1 Å². The van der Waals surface area contributed by atoms with E-state index in [4.69, 9.17) is 9.97 Å². The second-order valence-corrected chi connectivity index (χ2v) is 9.34. The Morgan fingerprint density at radius 3 is 2.50 bits per heavy atom. The van der Waals surface area contributed by atoms with Gasteiger partial charge in [-0.25, -0.2) is 9.97 Å². The standard InChI is InChI=1S/C25H25N5OS/c1-16-21(18-7-4-3-5-8-18)22-24(27-20-10-13-30(14-11-20)17(2)31)28-23(29-25(22)32-16)19-9-6-12-26-15-19/h3-9,12,15,20H,10-11,13-14H2,1-2H3,(H,27,28,29). The highest BCUT2D eigenvalue weighted by molar-refractivity contribution is 7.19. The molecular weight excluding hydrogens is 418 g/mol. The third kappa shape index (κ3) is 3.96. The fourth-order valence-electron chi connectivity index (χ4n) is 4.32. The maximum Gasteiger partial charge on any atom is 0.219 e. The van der Waals surface area contributed by atoms with Crippen molar-refractivity contribution < 1.29 is 4.79 Å². The summed E-state index contributed by atoms with van der Waals surface area (Å²) in [6, 6.07) is 14.6. The Labute approximate surface area is 191 Å². The lowest BCUT2D eigenvalue weighted by molar-refractivity contribution is -0.129. The fraction of sp³-hybridized carbons (Fsp3) is 0.280. The van der Waals surface area contributed by atoms with Crippen molar-refractivity contribution in [1.82, 2.24) is 19.9 Å². The van der Waals surface area contributed by atoms with Gasteiger partial charge in [-0.15, -0.1) is 11.3 Å². The van der Waals surface area contributed by atoms with E-state index in [9.17, 15) is 4.79 Å². The third-order valence-electron chi connectivity index (χ3n) is 5.99. The third-order valence-corrected chi connectivity index (χ3v) is 6.99. The number of hydrogen-bond donors (Lipinski definition) is 1. The summed E-state index contributed by atoms with van der Waals surface area (Å²) in [6.45, 7) is 5.32. The largest absolute Gasteiger partial charge is 0.367 e. The Balaban J connectivity index is 1.60. The van der Waals surface area contributed by atoms with E-state index in [-0.39, 0.29) is 11.9 Å². The van der Waals surface area contributed by atoms with Gasteiger partial charge in [0, 0.05) is 54.5 Å². The van der Waals surface area contributed by atoms with Crippen LogP contribution in [0.25, 0.3) is 32.7 Å². The molecule has 0 saturated carbocycles. The average molecular weight is 444 g/mol. The number of benzene rings is 1. The lowest BCUT2D eigenvalue weighted by Crippen LogP contribution is -2.41. The number of pyridine rings is 1. The topological polar surface area (TPSA) is 71.0 Å². The van der Waals surface area contributed by atoms with Crippen LogP contribution in [0.1, 0.15) is 24.6 Å². The highest BCUT2D eigenvalue weighted by Crippen LogP contribution is 2.42. The van der Waals surface area contributed by atoms with E-state index >= 15 is 0 Å². The lowest BCUT2D eigenvalue weighted by atomic mass is 10.0. The molecule has 1 aliphatic rings. The molecule has 4 heterocycles. The fourth-order valence-corrected chi connectivity index (χ4v) is 5.37. The highest BCUT2D eigenvalue weighted by Gasteiger charge is 2.24. The van der Waals surface area contributed by atoms with Crippen molar-refractivity contribution in [2.24, 2.45) is 0 Å². The monoisotopic (exact) mass is 443 g/mol. The van der Waals surface area contributed by atoms with Crippen molar-refractivity contribution in [3.63, 3.8) is 0 Å². The number of aromatic nitrogens is 3. The molecule has 4 aromatic rings. The average Bonchev–Trinajstić information content (AvgIpc) is 3.16. The smallest absolute Gasteiger partial charge is 0.219 e. The quantitative estimate of drug-likeness (QED) is 0.472. The van der Waals surface area contributed by atoms with Crippen molar-refractivity contribution in [2.75, 3.05) is 18.4 Å². The second-order valence-electron chi connectivity index (χ2n) is 8.14. The van der Waals surface area contributed by atoms with Gasteiger partial charge >= 0.3 is 0 Å². The number of piperidine rings is 1. The first-order valence-corrected chi connectivity index (χ1v) is 11.7. The molecule has 7 heteroatoms. The van der Waals surface area contributed by atoms with Crippen molar-refractivity contribution in [1.29, 1.82) is 0 Å². The summed E-state index contributed by atoms with van der Waals surface area (Å²) in [5.74, 6) is 1.68. The van der Waals surface area contributed by atoms with Crippen LogP contribution in [0.4, 0.5) is 5.82 Å². The van der Waals surface area contributed by atoms with Crippen LogP contribution in [-0.2, 0) is 4.79 Å². The number of nitrogens with zero attached hydrogens (tertiary/aromatic N) is 4. The Kier molecular flexibility index (Phi) is 5.57. The highest BCUT2D eigenvalue weighted by atomic mass is 32.1. The molecule has 0 radical (unpaired) electrons. The minimum atomic E-state index is 0.145. The van der Waals surface area contributed by atoms with Gasteiger partial charge in [0.25, 0.3) is 0 Å². The number of carbonyl (C=O) groups excluding carboxylic acids is 1. The number of likely N-dealkylation sites (tertiary alicyclic amines) is 1. The summed E-state index contributed by atoms with van der Waals surface area (Å²) in [7, 11) is 0. The van der Waals surface area contributed by atoms with Crippen LogP contribution in [0.2, 0.25) is 0 Å². The van der Waals surface area contributed by atoms with Crippen LogP contribution >= 0.6 is 11.3 Å². The molecule has 3 aromatic heterocycles. The number of fused-ring (bicyclic) bond motifs is 1. The Morgan fingerprint density at radius 1 is 1.06 bits per heavy atom. The number of rotatable bonds is 4. The first kappa shape index (κ1) is 20.6. The van der Waals surface area contributed by atoms with E-state index in [0.29, 0.717) is 5.82 Å². The van der Waals surface area contributed by atoms with Crippen LogP contribution in [0.3, 0.4) is 0 Å². The molecule has 1 saturated heterocycles. The Hall–Kier alpha value is -3.32. The molecule has 1 aliphatic heterocycles. The first-order chi connectivity index (χ1) is 15.6. The molecule has 0 unspecified atom stereocenters. The zero-order valence-corrected chi connectivity index (χ0v) is 19.0. The number of anilines is 1. The predicted octanol–water partition coefficient (Wildman–Crippen LogP) is 5.15. The van der Waals surface area contributed by atoms with Crippen LogP contribution in [0.15, 0.2) is 54.9 Å². The molecule has 0 atom stereocenters. The molecule has 6 nitrogen and oxygen atoms in total. The maximum absolute atomic E-state index is 11.7. The summed E-state index contributed by atoms with van der Waals surface area (Å²) in [5, 5.41) is 4.78. The molecular formula is C25H25N5OS. The molecule has 1 aromatic carbocycles. The molecule has 1 N–H and O–H groups in total. The van der Waals surface area contributed by atoms with Gasteiger partial charge in [0.05, 0.1) is 5.39 Å². The SMILES string of the molecule is CC(=O)N1CCC(Nc2nc(-c3cccnc3)nc3sc(C)c(-c4ccccc4)c23)CC1. The van der Waals surface area contributed by atoms with Crippen LogP contribution in [0.5, 0.6) is 0 Å². The molecule has 0 spiro atoms. The van der Waals surface area contributed by atoms with Gasteiger partial charge < -0.3 is 10.2 Å². The van der Waals surface area contributed by atoms with Crippen molar-refractivity contribution in [3.05, 3.63) is 59.7 Å². The van der Waals surface area contributed by atoms with Crippen molar-refractivity contribution in [2.45, 2.75) is 32.7 Å². The van der Waals surface area contributed by atoms with Gasteiger partial charge in [-0.2, -0.15) is 0 Å². The maximum atomic E-state index is 11.7. The Morgan fingerprint density at radius 2 is 1.81 bits per heavy atom. The first-order valence-electron chi connectivity index (χ1n) is 10.9. The van der Waals surface area contributed by atoms with Gasteiger partial charge in [0.15, 0.2) is 5.82 Å². The van der Waals surface area contributed by atoms with Gasteiger partial charge in [-0.1, -0.05) is 30.3 Å². The van der Waals surface area contributed by atoms with Crippen molar-refractivity contribution in [3.8, 4) is 22.5 Å². The molecule has 0 aliphatic carbocycles. The molecule has 5 rings (SSSR count). The number of nitrogens with one attached hydrogen (secondary N) is 1. The Bertz CT molecular complexity index is 1250. The normalized spacial score (nSPS) is 14.6. The van der Waals surface area contributed by atoms with E-state index in [2.05, 4.69) is 41.5 Å². The van der Waals surface area contributed by atoms with Gasteiger partial charge in [0.2, 0.25) is 5.91 Å². The number of thiophene rings is 1. The van der Waals surface area contributed by atoms with E-state index in [1.54, 1.807) is 30.7 Å². The number of hydrogen-bond acceptors (Lipinski definition) is 6. The zero-order chi connectivity index (χ0) is 22.1. The number of amides is 1. The van der Waals surface area contributed by atoms with Crippen LogP contribution in [-0.4, -0.2) is 44.9 Å². The van der Waals surface area contributed by atoms with E-state index in [0.717, 1.165) is 47.5 Å². The lowest BCUT2D eigenvalue weighted by Gasteiger charge is -2.32. The summed E-state index contributed by atoms with van der Waals surface area (Å²) >= 11 is 1.70. The van der Waals surface area contributed by atoms with Gasteiger partial charge in [-0.05, 0) is 37.5 Å². The van der Waals surface area contributed by atoms with Gasteiger partial charge in [0.1, 0.15) is 10.6 Å². The van der Waals surface area contributed by atoms with Crippen LogP contribution in [0, 0.1) is 6.92 Å². The van der Waals surface area contributed by atoms with E-state index in [1.165, 1.54) is 16.0 Å². The zero-order valence-electron chi connectivity index (χ0n) is 18.2. The minimum Gasteiger partial charge on any atom is -0.367 e. The number of aryl methyl sites for hydroxylation is 1. The summed E-state index contributed by atoms with van der Waals surface area (Å²) < 4.78 is 0. The summed E-state index contributed by atoms with van der Waals surface area (Å²) in [6.07, 6.45) is 5.36. The summed E-state index contributed by atoms with van der Waals surface area (Å²) in [4.78, 5) is 30.0. The molecule has 162 valence electrons. The molecule has 0 bridgehead atoms. The second kappa shape index (κ2) is 8.67. The molecule has 1 fully saturated rings. The number of carbonyl (C=O) groups is 1. The molecule has 1 amide bonds. The molecule has 32 heavy (non-hydrogen) atoms. The minimum absolute atomic E-state index is 0.145. The van der Waals surface area contributed by atoms with Crippen LogP contribution < -0.4 is 5.32 Å². The van der Waals surface area contributed by atoms with Gasteiger partial charge in [-0.3, -0.25) is 9.78 Å². The summed E-state index contributed by atoms with van der Waals surface area (Å²) in [5.41, 5.74) is 3.26. The van der Waals surface area contributed by atoms with Crippen molar-refractivity contribution >= 4 is 33.3 Å².